The van der Waals surface area contributed by atoms with Crippen LogP contribution in [-0.4, -0.2) is 32.8 Å². The summed E-state index contributed by atoms with van der Waals surface area (Å²) in [5.41, 5.74) is -0.892. The first-order chi connectivity index (χ1) is 8.64. The first-order valence-corrected chi connectivity index (χ1v) is 7.08. The van der Waals surface area contributed by atoms with E-state index >= 15 is 0 Å². The number of aryl methyl sites for hydroxylation is 1. The molecule has 19 heavy (non-hydrogen) atoms. The summed E-state index contributed by atoms with van der Waals surface area (Å²) >= 11 is 1.55. The predicted octanol–water partition coefficient (Wildman–Crippen LogP) is 1.47. The van der Waals surface area contributed by atoms with Gasteiger partial charge in [-0.3, -0.25) is 9.59 Å². The van der Waals surface area contributed by atoms with Crippen molar-refractivity contribution < 1.29 is 9.59 Å². The van der Waals surface area contributed by atoms with E-state index in [0.717, 1.165) is 10.7 Å². The summed E-state index contributed by atoms with van der Waals surface area (Å²) in [6, 6.07) is 0. The van der Waals surface area contributed by atoms with Crippen molar-refractivity contribution in [2.45, 2.75) is 52.2 Å². The molecule has 1 aliphatic rings. The highest BCUT2D eigenvalue weighted by atomic mass is 32.1. The highest BCUT2D eigenvalue weighted by Crippen LogP contribution is 2.28. The van der Waals surface area contributed by atoms with Gasteiger partial charge in [0, 0.05) is 5.38 Å². The molecule has 1 saturated heterocycles. The highest BCUT2D eigenvalue weighted by molar-refractivity contribution is 7.09. The summed E-state index contributed by atoms with van der Waals surface area (Å²) in [6.07, 6.45) is 0. The van der Waals surface area contributed by atoms with Crippen molar-refractivity contribution in [3.8, 4) is 0 Å². The van der Waals surface area contributed by atoms with Gasteiger partial charge in [0.15, 0.2) is 0 Å². The molecule has 0 aliphatic carbocycles. The maximum atomic E-state index is 12.5. The minimum atomic E-state index is -0.863. The number of rotatable bonds is 2. The van der Waals surface area contributed by atoms with Crippen LogP contribution in [0.25, 0.3) is 0 Å². The molecule has 1 N–H and O–H groups in total. The number of piperazine rings is 1. The minimum absolute atomic E-state index is 0.0808. The molecule has 0 atom stereocenters. The molecule has 0 spiro atoms. The SMILES string of the molecule is Cc1nc(CN2C(=O)C(C)(C)NC(=O)C2(C)C)cs1. The van der Waals surface area contributed by atoms with E-state index < -0.39 is 11.1 Å². The van der Waals surface area contributed by atoms with Crippen molar-refractivity contribution in [3.63, 3.8) is 0 Å². The van der Waals surface area contributed by atoms with Gasteiger partial charge in [0.1, 0.15) is 11.1 Å². The molecule has 1 fully saturated rings. The molecule has 0 radical (unpaired) electrons. The first-order valence-electron chi connectivity index (χ1n) is 6.20. The molecule has 0 saturated carbocycles. The van der Waals surface area contributed by atoms with Crippen LogP contribution in [0.2, 0.25) is 0 Å². The van der Waals surface area contributed by atoms with E-state index in [9.17, 15) is 9.59 Å². The van der Waals surface area contributed by atoms with Gasteiger partial charge in [0.05, 0.1) is 17.2 Å². The lowest BCUT2D eigenvalue weighted by Gasteiger charge is -2.47. The second kappa shape index (κ2) is 4.30. The van der Waals surface area contributed by atoms with Crippen molar-refractivity contribution in [3.05, 3.63) is 16.1 Å². The Morgan fingerprint density at radius 3 is 2.47 bits per heavy atom. The molecule has 1 aromatic rings. The van der Waals surface area contributed by atoms with Gasteiger partial charge in [-0.25, -0.2) is 4.98 Å². The van der Waals surface area contributed by atoms with Gasteiger partial charge in [-0.05, 0) is 34.6 Å². The third-order valence-electron chi connectivity index (χ3n) is 3.42. The Kier molecular flexibility index (Phi) is 3.16. The zero-order valence-corrected chi connectivity index (χ0v) is 12.7. The van der Waals surface area contributed by atoms with E-state index in [-0.39, 0.29) is 11.8 Å². The fourth-order valence-corrected chi connectivity index (χ4v) is 2.72. The second-order valence-corrected chi connectivity index (χ2v) is 6.95. The molecule has 2 heterocycles. The monoisotopic (exact) mass is 281 g/mol. The lowest BCUT2D eigenvalue weighted by Crippen LogP contribution is -2.71. The van der Waals surface area contributed by atoms with Gasteiger partial charge in [-0.1, -0.05) is 0 Å². The zero-order chi connectivity index (χ0) is 14.4. The number of nitrogens with zero attached hydrogens (tertiary/aromatic N) is 2. The van der Waals surface area contributed by atoms with Crippen LogP contribution in [0.5, 0.6) is 0 Å². The predicted molar refractivity (Wildman–Crippen MR) is 73.7 cm³/mol. The molecule has 0 bridgehead atoms. The molecule has 0 aromatic carbocycles. The first kappa shape index (κ1) is 14.0. The topological polar surface area (TPSA) is 62.3 Å². The van der Waals surface area contributed by atoms with Crippen LogP contribution < -0.4 is 5.32 Å². The summed E-state index contributed by atoms with van der Waals surface area (Å²) in [5.74, 6) is -0.216. The van der Waals surface area contributed by atoms with E-state index in [1.54, 1.807) is 43.9 Å². The number of thiazole rings is 1. The Morgan fingerprint density at radius 1 is 1.32 bits per heavy atom. The van der Waals surface area contributed by atoms with Gasteiger partial charge in [-0.15, -0.1) is 11.3 Å². The van der Waals surface area contributed by atoms with Crippen molar-refractivity contribution >= 4 is 23.2 Å². The lowest BCUT2D eigenvalue weighted by atomic mass is 9.89. The fraction of sp³-hybridized carbons (Fsp3) is 0.615. The molecular formula is C13H19N3O2S. The van der Waals surface area contributed by atoms with E-state index in [1.807, 2.05) is 12.3 Å². The molecule has 2 rings (SSSR count). The lowest BCUT2D eigenvalue weighted by molar-refractivity contribution is -0.160. The van der Waals surface area contributed by atoms with Crippen LogP contribution in [0, 0.1) is 6.92 Å². The number of hydrogen-bond donors (Lipinski definition) is 1. The van der Waals surface area contributed by atoms with E-state index in [4.69, 9.17) is 0 Å². The van der Waals surface area contributed by atoms with Crippen LogP contribution in [0.15, 0.2) is 5.38 Å². The Balaban J connectivity index is 2.33. The highest BCUT2D eigenvalue weighted by Gasteiger charge is 2.50. The summed E-state index contributed by atoms with van der Waals surface area (Å²) in [7, 11) is 0. The molecule has 1 aliphatic heterocycles. The summed E-state index contributed by atoms with van der Waals surface area (Å²) in [4.78, 5) is 30.6. The average molecular weight is 281 g/mol. The van der Waals surface area contributed by atoms with E-state index in [0.29, 0.717) is 6.54 Å². The largest absolute Gasteiger partial charge is 0.340 e. The maximum absolute atomic E-state index is 12.5. The molecule has 2 amide bonds. The van der Waals surface area contributed by atoms with Gasteiger partial charge in [0.2, 0.25) is 11.8 Å². The van der Waals surface area contributed by atoms with Crippen LogP contribution in [0.4, 0.5) is 0 Å². The number of nitrogens with one attached hydrogen (secondary N) is 1. The Bertz CT molecular complexity index is 534. The zero-order valence-electron chi connectivity index (χ0n) is 11.9. The Morgan fingerprint density at radius 2 is 1.95 bits per heavy atom. The number of aromatic nitrogens is 1. The number of carbonyl (C=O) groups excluding carboxylic acids is 2. The van der Waals surface area contributed by atoms with Gasteiger partial charge in [-0.2, -0.15) is 0 Å². The summed E-state index contributed by atoms with van der Waals surface area (Å²) < 4.78 is 0. The Hall–Kier alpha value is -1.43. The van der Waals surface area contributed by atoms with Crippen LogP contribution >= 0.6 is 11.3 Å². The van der Waals surface area contributed by atoms with Gasteiger partial charge < -0.3 is 10.2 Å². The van der Waals surface area contributed by atoms with Crippen LogP contribution in [0.1, 0.15) is 38.4 Å². The molecule has 6 heteroatoms. The Labute approximate surface area is 117 Å². The van der Waals surface area contributed by atoms with Crippen molar-refractivity contribution in [2.24, 2.45) is 0 Å². The normalized spacial score (nSPS) is 21.4. The minimum Gasteiger partial charge on any atom is -0.340 e. The second-order valence-electron chi connectivity index (χ2n) is 5.89. The molecule has 1 aromatic heterocycles. The van der Waals surface area contributed by atoms with E-state index in [1.165, 1.54) is 0 Å². The molecular weight excluding hydrogens is 262 g/mol. The third-order valence-corrected chi connectivity index (χ3v) is 4.25. The van der Waals surface area contributed by atoms with Crippen LogP contribution in [0.3, 0.4) is 0 Å². The number of carbonyl (C=O) groups is 2. The third kappa shape index (κ3) is 2.36. The molecule has 0 unspecified atom stereocenters. The maximum Gasteiger partial charge on any atom is 0.248 e. The molecule has 5 nitrogen and oxygen atoms in total. The smallest absolute Gasteiger partial charge is 0.248 e. The summed E-state index contributed by atoms with van der Waals surface area (Å²) in [5, 5.41) is 5.66. The number of amides is 2. The van der Waals surface area contributed by atoms with Crippen molar-refractivity contribution in [1.82, 2.24) is 15.2 Å². The van der Waals surface area contributed by atoms with Crippen molar-refractivity contribution in [1.29, 1.82) is 0 Å². The fourth-order valence-electron chi connectivity index (χ4n) is 2.12. The van der Waals surface area contributed by atoms with Crippen molar-refractivity contribution in [2.75, 3.05) is 0 Å². The number of hydrogen-bond acceptors (Lipinski definition) is 4. The standard InChI is InChI=1S/C13H19N3O2S/c1-8-14-9(7-19-8)6-16-11(18)12(2,3)15-10(17)13(16,4)5/h7H,6H2,1-5H3,(H,15,17). The quantitative estimate of drug-likeness (QED) is 0.893. The molecule has 104 valence electrons. The average Bonchev–Trinajstić information content (AvgIpc) is 2.68. The van der Waals surface area contributed by atoms with Crippen LogP contribution in [-0.2, 0) is 16.1 Å². The van der Waals surface area contributed by atoms with E-state index in [2.05, 4.69) is 10.3 Å². The van der Waals surface area contributed by atoms with Gasteiger partial charge in [0.25, 0.3) is 0 Å². The van der Waals surface area contributed by atoms with Gasteiger partial charge >= 0.3 is 0 Å². The summed E-state index contributed by atoms with van der Waals surface area (Å²) in [6.45, 7) is 9.26.